The Hall–Kier alpha value is -3.03. The molecule has 0 amide bonds. The summed E-state index contributed by atoms with van der Waals surface area (Å²) >= 11 is 3.18. The van der Waals surface area contributed by atoms with E-state index in [1.807, 2.05) is 71.3 Å². The van der Waals surface area contributed by atoms with Gasteiger partial charge in [0.05, 0.1) is 10.2 Å². The molecule has 0 fully saturated rings. The number of hydrogen-bond acceptors (Lipinski definition) is 6. The number of para-hydroxylation sites is 2. The first-order chi connectivity index (χ1) is 13.4. The Morgan fingerprint density at radius 2 is 1.63 bits per heavy atom. The summed E-state index contributed by atoms with van der Waals surface area (Å²) in [4.78, 5) is 9.15. The van der Waals surface area contributed by atoms with Crippen LogP contribution in [0.1, 0.15) is 0 Å². The summed E-state index contributed by atoms with van der Waals surface area (Å²) in [5.41, 5.74) is 2.78. The van der Waals surface area contributed by atoms with Gasteiger partial charge in [0.1, 0.15) is 5.69 Å². The van der Waals surface area contributed by atoms with E-state index in [1.165, 1.54) is 11.8 Å². The van der Waals surface area contributed by atoms with Crippen molar-refractivity contribution in [3.05, 3.63) is 79.0 Å². The van der Waals surface area contributed by atoms with Crippen LogP contribution in [0.4, 0.5) is 0 Å². The first kappa shape index (κ1) is 16.2. The van der Waals surface area contributed by atoms with Crippen LogP contribution in [0.5, 0.6) is 0 Å². The topological polar surface area (TPSA) is 56.5 Å². The zero-order valence-corrected chi connectivity index (χ0v) is 15.7. The number of benzene rings is 2. The van der Waals surface area contributed by atoms with Crippen LogP contribution in [0, 0.1) is 0 Å². The molecule has 27 heavy (non-hydrogen) atoms. The maximum atomic E-state index is 4.71. The number of rotatable bonds is 4. The second-order valence-corrected chi connectivity index (χ2v) is 7.99. The fourth-order valence-corrected chi connectivity index (χ4v) is 4.80. The van der Waals surface area contributed by atoms with Crippen LogP contribution >= 0.6 is 23.1 Å². The van der Waals surface area contributed by atoms with Gasteiger partial charge < -0.3 is 0 Å². The van der Waals surface area contributed by atoms with Crippen molar-refractivity contribution in [1.29, 1.82) is 0 Å². The molecule has 0 radical (unpaired) electrons. The summed E-state index contributed by atoms with van der Waals surface area (Å²) < 4.78 is 4.13. The van der Waals surface area contributed by atoms with E-state index in [-0.39, 0.29) is 0 Å². The summed E-state index contributed by atoms with van der Waals surface area (Å²) in [7, 11) is 0. The second kappa shape index (κ2) is 6.94. The van der Waals surface area contributed by atoms with Gasteiger partial charge in [-0.15, -0.1) is 21.5 Å². The molecule has 0 bridgehead atoms. The van der Waals surface area contributed by atoms with Gasteiger partial charge in [-0.1, -0.05) is 36.4 Å². The van der Waals surface area contributed by atoms with Crippen molar-refractivity contribution in [2.45, 2.75) is 9.50 Å². The number of nitrogens with zero attached hydrogens (tertiary/aromatic N) is 5. The molecule has 7 heteroatoms. The average Bonchev–Trinajstić information content (AvgIpc) is 3.33. The van der Waals surface area contributed by atoms with Gasteiger partial charge in [-0.05, 0) is 48.2 Å². The molecular weight excluding hydrogens is 374 g/mol. The fraction of sp³-hybridized carbons (Fsp3) is 0. The van der Waals surface area contributed by atoms with Crippen molar-refractivity contribution in [2.24, 2.45) is 0 Å². The number of pyridine rings is 1. The molecular formula is C20H13N5S2. The zero-order valence-electron chi connectivity index (χ0n) is 14.1. The summed E-state index contributed by atoms with van der Waals surface area (Å²) in [5, 5.41) is 9.62. The highest BCUT2D eigenvalue weighted by atomic mass is 32.2. The number of hydrogen-bond donors (Lipinski definition) is 0. The molecule has 130 valence electrons. The summed E-state index contributed by atoms with van der Waals surface area (Å²) in [6, 6.07) is 24.0. The largest absolute Gasteiger partial charge is 0.268 e. The molecule has 0 atom stereocenters. The van der Waals surface area contributed by atoms with Gasteiger partial charge >= 0.3 is 0 Å². The van der Waals surface area contributed by atoms with Crippen LogP contribution in [0.3, 0.4) is 0 Å². The number of thiazole rings is 1. The normalized spacial score (nSPS) is 11.1. The average molecular weight is 387 g/mol. The van der Waals surface area contributed by atoms with Gasteiger partial charge in [0, 0.05) is 11.9 Å². The molecule has 0 N–H and O–H groups in total. The predicted octanol–water partition coefficient (Wildman–Crippen LogP) is 5.09. The highest BCUT2D eigenvalue weighted by Gasteiger charge is 2.18. The Balaban J connectivity index is 1.63. The highest BCUT2D eigenvalue weighted by Crippen LogP contribution is 2.36. The first-order valence-corrected chi connectivity index (χ1v) is 9.97. The SMILES string of the molecule is c1ccc(-n2c(Sc3nc4ccccc4s3)nnc2-c2ccccn2)cc1. The molecule has 3 heterocycles. The van der Waals surface area contributed by atoms with E-state index in [2.05, 4.69) is 21.2 Å². The third kappa shape index (κ3) is 3.11. The summed E-state index contributed by atoms with van der Waals surface area (Å²) in [6.07, 6.45) is 1.76. The fourth-order valence-electron chi connectivity index (χ4n) is 2.78. The molecule has 0 unspecified atom stereocenters. The van der Waals surface area contributed by atoms with Crippen LogP contribution in [-0.2, 0) is 0 Å². The minimum Gasteiger partial charge on any atom is -0.268 e. The maximum Gasteiger partial charge on any atom is 0.203 e. The molecule has 0 saturated heterocycles. The van der Waals surface area contributed by atoms with Crippen molar-refractivity contribution < 1.29 is 0 Å². The van der Waals surface area contributed by atoms with Gasteiger partial charge in [0.15, 0.2) is 10.2 Å². The van der Waals surface area contributed by atoms with E-state index in [4.69, 9.17) is 4.98 Å². The van der Waals surface area contributed by atoms with E-state index in [0.29, 0.717) is 5.82 Å². The molecule has 5 aromatic rings. The van der Waals surface area contributed by atoms with E-state index >= 15 is 0 Å². The van der Waals surface area contributed by atoms with Gasteiger partial charge in [0.2, 0.25) is 5.16 Å². The van der Waals surface area contributed by atoms with Crippen LogP contribution < -0.4 is 0 Å². The molecule has 0 aliphatic rings. The van der Waals surface area contributed by atoms with Gasteiger partial charge in [0.25, 0.3) is 0 Å². The molecule has 0 aliphatic carbocycles. The summed E-state index contributed by atoms with van der Waals surface area (Å²) in [6.45, 7) is 0. The highest BCUT2D eigenvalue weighted by molar-refractivity contribution is 8.01. The predicted molar refractivity (Wildman–Crippen MR) is 108 cm³/mol. The third-order valence-electron chi connectivity index (χ3n) is 3.99. The second-order valence-electron chi connectivity index (χ2n) is 5.74. The van der Waals surface area contributed by atoms with Crippen molar-refractivity contribution >= 4 is 33.3 Å². The zero-order chi connectivity index (χ0) is 18.1. The van der Waals surface area contributed by atoms with Crippen molar-refractivity contribution in [1.82, 2.24) is 24.7 Å². The third-order valence-corrected chi connectivity index (χ3v) is 6.04. The van der Waals surface area contributed by atoms with E-state index in [1.54, 1.807) is 17.5 Å². The van der Waals surface area contributed by atoms with Crippen molar-refractivity contribution in [3.8, 4) is 17.2 Å². The first-order valence-electron chi connectivity index (χ1n) is 8.34. The smallest absolute Gasteiger partial charge is 0.203 e. The van der Waals surface area contributed by atoms with E-state index in [9.17, 15) is 0 Å². The molecule has 3 aromatic heterocycles. The van der Waals surface area contributed by atoms with E-state index < -0.39 is 0 Å². The molecule has 2 aromatic carbocycles. The Morgan fingerprint density at radius 1 is 0.815 bits per heavy atom. The standard InChI is InChI=1S/C20H13N5S2/c1-2-8-14(9-3-1)25-18(16-11-6-7-13-21-16)23-24-19(25)27-20-22-15-10-4-5-12-17(15)26-20/h1-13H. The Labute approximate surface area is 163 Å². The van der Waals surface area contributed by atoms with Crippen LogP contribution in [0.2, 0.25) is 0 Å². The van der Waals surface area contributed by atoms with Crippen molar-refractivity contribution in [2.75, 3.05) is 0 Å². The molecule has 0 aliphatic heterocycles. The Bertz CT molecular complexity index is 1170. The lowest BCUT2D eigenvalue weighted by molar-refractivity contribution is 0.884. The van der Waals surface area contributed by atoms with Crippen molar-refractivity contribution in [3.63, 3.8) is 0 Å². The molecule has 5 rings (SSSR count). The molecule has 0 saturated carbocycles. The van der Waals surface area contributed by atoms with Gasteiger partial charge in [-0.3, -0.25) is 9.55 Å². The Morgan fingerprint density at radius 3 is 2.44 bits per heavy atom. The molecule has 0 spiro atoms. The monoisotopic (exact) mass is 387 g/mol. The van der Waals surface area contributed by atoms with Gasteiger partial charge in [-0.2, -0.15) is 0 Å². The van der Waals surface area contributed by atoms with Crippen LogP contribution in [-0.4, -0.2) is 24.7 Å². The minimum absolute atomic E-state index is 0.713. The number of aromatic nitrogens is 5. The molecule has 5 nitrogen and oxygen atoms in total. The van der Waals surface area contributed by atoms with Crippen LogP contribution in [0.15, 0.2) is 88.5 Å². The maximum absolute atomic E-state index is 4.71. The lowest BCUT2D eigenvalue weighted by atomic mass is 10.3. The quantitative estimate of drug-likeness (QED) is 0.430. The van der Waals surface area contributed by atoms with Crippen LogP contribution in [0.25, 0.3) is 27.4 Å². The lowest BCUT2D eigenvalue weighted by Crippen LogP contribution is -2.00. The number of fused-ring (bicyclic) bond motifs is 1. The summed E-state index contributed by atoms with van der Waals surface area (Å²) in [5.74, 6) is 0.713. The van der Waals surface area contributed by atoms with E-state index in [0.717, 1.165) is 31.1 Å². The Kier molecular flexibility index (Phi) is 4.16. The lowest BCUT2D eigenvalue weighted by Gasteiger charge is -2.08. The minimum atomic E-state index is 0.713. The van der Waals surface area contributed by atoms with Gasteiger partial charge in [-0.25, -0.2) is 4.98 Å².